The first-order chi connectivity index (χ1) is 9.26. The summed E-state index contributed by atoms with van der Waals surface area (Å²) >= 11 is 0. The van der Waals surface area contributed by atoms with E-state index in [0.29, 0.717) is 6.54 Å². The molecule has 1 aliphatic heterocycles. The van der Waals surface area contributed by atoms with Crippen molar-refractivity contribution in [1.29, 1.82) is 0 Å². The Labute approximate surface area is 112 Å². The number of rotatable bonds is 4. The lowest BCUT2D eigenvalue weighted by Gasteiger charge is -2.11. The number of nitrogens with one attached hydrogen (secondary N) is 1. The minimum absolute atomic E-state index is 0.586. The number of nitrogens with two attached hydrogens (primary N) is 1. The number of nitrogens with zero attached hydrogens (tertiary/aromatic N) is 3. The zero-order valence-corrected chi connectivity index (χ0v) is 11.2. The van der Waals surface area contributed by atoms with Gasteiger partial charge in [0.05, 0.1) is 0 Å². The summed E-state index contributed by atoms with van der Waals surface area (Å²) in [5, 5.41) is 7.15. The molecule has 0 bridgehead atoms. The van der Waals surface area contributed by atoms with Gasteiger partial charge in [-0.05, 0) is 30.2 Å². The molecule has 3 N–H and O–H groups in total. The first-order valence-electron chi connectivity index (χ1n) is 6.69. The van der Waals surface area contributed by atoms with Gasteiger partial charge in [-0.15, -0.1) is 0 Å². The fourth-order valence-corrected chi connectivity index (χ4v) is 2.58. The Morgan fingerprint density at radius 3 is 3.16 bits per heavy atom. The van der Waals surface area contributed by atoms with Crippen molar-refractivity contribution in [2.45, 2.75) is 19.3 Å². The number of hydrogen-bond donors (Lipinski definition) is 2. The Hall–Kier alpha value is -1.88. The number of aromatic amines is 1. The standard InChI is InChI=1S/C14H19N5/c1-19-7-5-11-8-10(2-3-12(11)19)9-14-16-13(4-6-15)17-18-14/h2-3,8H,4-7,9,15H2,1H3,(H,16,17,18). The molecule has 19 heavy (non-hydrogen) atoms. The Morgan fingerprint density at radius 1 is 1.42 bits per heavy atom. The summed E-state index contributed by atoms with van der Waals surface area (Å²) in [7, 11) is 2.14. The van der Waals surface area contributed by atoms with Crippen LogP contribution in [0.4, 0.5) is 5.69 Å². The average molecular weight is 257 g/mol. The fraction of sp³-hybridized carbons (Fsp3) is 0.429. The molecule has 0 atom stereocenters. The lowest BCUT2D eigenvalue weighted by molar-refractivity contribution is 0.874. The van der Waals surface area contributed by atoms with E-state index in [4.69, 9.17) is 5.73 Å². The highest BCUT2D eigenvalue weighted by molar-refractivity contribution is 5.58. The lowest BCUT2D eigenvalue weighted by atomic mass is 10.1. The van der Waals surface area contributed by atoms with Crippen LogP contribution in [0.5, 0.6) is 0 Å². The quantitative estimate of drug-likeness (QED) is 0.853. The molecule has 0 unspecified atom stereocenters. The zero-order chi connectivity index (χ0) is 13.2. The summed E-state index contributed by atoms with van der Waals surface area (Å²) in [4.78, 5) is 6.75. The Bertz CT molecular complexity index is 575. The predicted molar refractivity (Wildman–Crippen MR) is 75.4 cm³/mol. The van der Waals surface area contributed by atoms with E-state index in [9.17, 15) is 0 Å². The molecule has 0 radical (unpaired) electrons. The van der Waals surface area contributed by atoms with Gasteiger partial charge < -0.3 is 10.6 Å². The number of benzene rings is 1. The molecule has 2 heterocycles. The van der Waals surface area contributed by atoms with Gasteiger partial charge in [-0.3, -0.25) is 5.10 Å². The van der Waals surface area contributed by atoms with Gasteiger partial charge in [0.25, 0.3) is 0 Å². The van der Waals surface area contributed by atoms with Gasteiger partial charge in [0.15, 0.2) is 5.82 Å². The molecule has 0 fully saturated rings. The highest BCUT2D eigenvalue weighted by Gasteiger charge is 2.15. The van der Waals surface area contributed by atoms with Crippen LogP contribution in [0.1, 0.15) is 22.8 Å². The molecule has 3 rings (SSSR count). The van der Waals surface area contributed by atoms with Gasteiger partial charge in [0.2, 0.25) is 0 Å². The topological polar surface area (TPSA) is 70.8 Å². The lowest BCUT2D eigenvalue weighted by Crippen LogP contribution is -2.12. The molecule has 1 aliphatic rings. The number of fused-ring (bicyclic) bond motifs is 1. The van der Waals surface area contributed by atoms with Crippen molar-refractivity contribution >= 4 is 5.69 Å². The molecule has 1 aromatic heterocycles. The number of anilines is 1. The molecule has 0 spiro atoms. The smallest absolute Gasteiger partial charge is 0.151 e. The molecular weight excluding hydrogens is 238 g/mol. The molecular formula is C14H19N5. The van der Waals surface area contributed by atoms with Crippen LogP contribution in [0.3, 0.4) is 0 Å². The second-order valence-electron chi connectivity index (χ2n) is 5.05. The number of H-pyrrole nitrogens is 1. The number of likely N-dealkylation sites (N-methyl/N-ethyl adjacent to an activating group) is 1. The molecule has 2 aromatic rings. The summed E-state index contributed by atoms with van der Waals surface area (Å²) in [6.45, 7) is 1.70. The second kappa shape index (κ2) is 5.01. The SMILES string of the molecule is CN1CCc2cc(Cc3nc(CCN)n[nH]3)ccc21. The van der Waals surface area contributed by atoms with Gasteiger partial charge in [0.1, 0.15) is 5.82 Å². The van der Waals surface area contributed by atoms with Crippen LogP contribution in [-0.2, 0) is 19.3 Å². The van der Waals surface area contributed by atoms with E-state index in [0.717, 1.165) is 37.5 Å². The van der Waals surface area contributed by atoms with Crippen LogP contribution in [0.25, 0.3) is 0 Å². The number of aromatic nitrogens is 3. The van der Waals surface area contributed by atoms with Crippen molar-refractivity contribution in [3.8, 4) is 0 Å². The summed E-state index contributed by atoms with van der Waals surface area (Å²) < 4.78 is 0. The van der Waals surface area contributed by atoms with Crippen LogP contribution in [-0.4, -0.2) is 35.3 Å². The Kier molecular flexibility index (Phi) is 3.21. The van der Waals surface area contributed by atoms with Crippen LogP contribution < -0.4 is 10.6 Å². The van der Waals surface area contributed by atoms with E-state index >= 15 is 0 Å². The van der Waals surface area contributed by atoms with E-state index in [1.165, 1.54) is 16.8 Å². The molecule has 5 nitrogen and oxygen atoms in total. The fourth-order valence-electron chi connectivity index (χ4n) is 2.58. The van der Waals surface area contributed by atoms with Gasteiger partial charge in [0, 0.05) is 32.1 Å². The second-order valence-corrected chi connectivity index (χ2v) is 5.05. The summed E-state index contributed by atoms with van der Waals surface area (Å²) in [5.41, 5.74) is 9.56. The molecule has 1 aromatic carbocycles. The average Bonchev–Trinajstić information content (AvgIpc) is 2.98. The molecule has 0 saturated heterocycles. The summed E-state index contributed by atoms with van der Waals surface area (Å²) in [5.74, 6) is 1.72. The van der Waals surface area contributed by atoms with E-state index in [1.54, 1.807) is 0 Å². The first kappa shape index (κ1) is 12.2. The third-order valence-electron chi connectivity index (χ3n) is 3.59. The zero-order valence-electron chi connectivity index (χ0n) is 11.2. The van der Waals surface area contributed by atoms with Crippen LogP contribution in [0, 0.1) is 0 Å². The Morgan fingerprint density at radius 2 is 2.32 bits per heavy atom. The molecule has 5 heteroatoms. The van der Waals surface area contributed by atoms with Crippen LogP contribution in [0.2, 0.25) is 0 Å². The maximum absolute atomic E-state index is 5.50. The van der Waals surface area contributed by atoms with Crippen molar-refractivity contribution in [1.82, 2.24) is 15.2 Å². The summed E-state index contributed by atoms with van der Waals surface area (Å²) in [6, 6.07) is 6.66. The maximum atomic E-state index is 5.50. The highest BCUT2D eigenvalue weighted by Crippen LogP contribution is 2.27. The monoisotopic (exact) mass is 257 g/mol. The van der Waals surface area contributed by atoms with E-state index in [-0.39, 0.29) is 0 Å². The third kappa shape index (κ3) is 2.46. The van der Waals surface area contributed by atoms with Gasteiger partial charge in [-0.25, -0.2) is 4.98 Å². The highest BCUT2D eigenvalue weighted by atomic mass is 15.2. The van der Waals surface area contributed by atoms with Crippen molar-refractivity contribution in [3.63, 3.8) is 0 Å². The Balaban J connectivity index is 1.76. The van der Waals surface area contributed by atoms with E-state index < -0.39 is 0 Å². The van der Waals surface area contributed by atoms with Crippen molar-refractivity contribution in [2.75, 3.05) is 25.0 Å². The normalized spacial score (nSPS) is 13.9. The third-order valence-corrected chi connectivity index (χ3v) is 3.59. The van der Waals surface area contributed by atoms with Gasteiger partial charge in [-0.1, -0.05) is 12.1 Å². The van der Waals surface area contributed by atoms with Crippen molar-refractivity contribution in [2.24, 2.45) is 5.73 Å². The van der Waals surface area contributed by atoms with Crippen molar-refractivity contribution < 1.29 is 0 Å². The first-order valence-corrected chi connectivity index (χ1v) is 6.69. The molecule has 0 aliphatic carbocycles. The molecule has 100 valence electrons. The van der Waals surface area contributed by atoms with Crippen LogP contribution in [0.15, 0.2) is 18.2 Å². The predicted octanol–water partition coefficient (Wildman–Crippen LogP) is 0.889. The maximum Gasteiger partial charge on any atom is 0.151 e. The minimum Gasteiger partial charge on any atom is -0.374 e. The van der Waals surface area contributed by atoms with Gasteiger partial charge >= 0.3 is 0 Å². The van der Waals surface area contributed by atoms with E-state index in [2.05, 4.69) is 45.3 Å². The molecule has 0 saturated carbocycles. The van der Waals surface area contributed by atoms with E-state index in [1.807, 2.05) is 0 Å². The van der Waals surface area contributed by atoms with Crippen molar-refractivity contribution in [3.05, 3.63) is 41.0 Å². The van der Waals surface area contributed by atoms with Gasteiger partial charge in [-0.2, -0.15) is 5.10 Å². The molecule has 0 amide bonds. The largest absolute Gasteiger partial charge is 0.374 e. The minimum atomic E-state index is 0.586. The summed E-state index contributed by atoms with van der Waals surface area (Å²) in [6.07, 6.45) is 2.66. The van der Waals surface area contributed by atoms with Crippen LogP contribution >= 0.6 is 0 Å². The number of hydrogen-bond acceptors (Lipinski definition) is 4.